The van der Waals surface area contributed by atoms with E-state index in [1.54, 1.807) is 30.2 Å². The number of fused-ring (bicyclic) bond motifs is 1. The average molecular weight is 374 g/mol. The van der Waals surface area contributed by atoms with Gasteiger partial charge in [0.1, 0.15) is 5.82 Å². The van der Waals surface area contributed by atoms with Crippen LogP contribution in [0.15, 0.2) is 24.5 Å². The number of sulfone groups is 1. The minimum absolute atomic E-state index is 0.138. The summed E-state index contributed by atoms with van der Waals surface area (Å²) in [6, 6.07) is 3.01. The maximum atomic E-state index is 11.8. The van der Waals surface area contributed by atoms with Crippen molar-refractivity contribution in [1.29, 1.82) is 0 Å². The van der Waals surface area contributed by atoms with Crippen LogP contribution in [0, 0.1) is 6.92 Å². The van der Waals surface area contributed by atoms with Crippen molar-refractivity contribution in [2.24, 2.45) is 7.05 Å². The Morgan fingerprint density at radius 2 is 2.12 bits per heavy atom. The first kappa shape index (κ1) is 16.9. The van der Waals surface area contributed by atoms with Crippen molar-refractivity contribution in [3.63, 3.8) is 0 Å². The van der Waals surface area contributed by atoms with E-state index in [9.17, 15) is 13.5 Å². The second-order valence-corrected chi connectivity index (χ2v) is 8.59. The molecule has 9 nitrogen and oxygen atoms in total. The first-order chi connectivity index (χ1) is 12.3. The van der Waals surface area contributed by atoms with Gasteiger partial charge in [0.25, 0.3) is 0 Å². The molecule has 0 spiro atoms. The molecule has 2 atom stereocenters. The Kier molecular flexibility index (Phi) is 3.88. The van der Waals surface area contributed by atoms with Gasteiger partial charge in [-0.15, -0.1) is 0 Å². The zero-order chi connectivity index (χ0) is 18.5. The Balaban J connectivity index is 1.85. The largest absolute Gasteiger partial charge is 0.390 e. The van der Waals surface area contributed by atoms with Crippen molar-refractivity contribution >= 4 is 26.7 Å². The van der Waals surface area contributed by atoms with Gasteiger partial charge < -0.3 is 10.4 Å². The van der Waals surface area contributed by atoms with Gasteiger partial charge in [-0.3, -0.25) is 9.67 Å². The van der Waals surface area contributed by atoms with Crippen molar-refractivity contribution in [3.8, 4) is 11.4 Å². The third-order valence-electron chi connectivity index (χ3n) is 4.42. The lowest BCUT2D eigenvalue weighted by Gasteiger charge is -2.17. The highest BCUT2D eigenvalue weighted by atomic mass is 32.2. The van der Waals surface area contributed by atoms with E-state index < -0.39 is 22.0 Å². The molecule has 0 aliphatic carbocycles. The summed E-state index contributed by atoms with van der Waals surface area (Å²) in [5.74, 6) is 0.522. The van der Waals surface area contributed by atoms with Crippen molar-refractivity contribution in [2.75, 3.05) is 16.8 Å². The average Bonchev–Trinajstić information content (AvgIpc) is 3.03. The third-order valence-corrected chi connectivity index (χ3v) is 6.14. The number of aromatic nitrogens is 5. The Labute approximate surface area is 150 Å². The molecule has 0 unspecified atom stereocenters. The van der Waals surface area contributed by atoms with E-state index in [0.717, 1.165) is 11.3 Å². The van der Waals surface area contributed by atoms with Crippen LogP contribution in [0.1, 0.15) is 5.69 Å². The molecule has 1 aliphatic rings. The van der Waals surface area contributed by atoms with Gasteiger partial charge in [0, 0.05) is 25.0 Å². The number of aryl methyl sites for hydroxylation is 2. The Hall–Kier alpha value is -2.59. The SMILES string of the molecule is Cc1nn(C)c2nc(-c3cccnc3)nc(N[C@@H]3CS(=O)(=O)C[C@H]3O)c12. The molecule has 0 amide bonds. The molecule has 4 heterocycles. The van der Waals surface area contributed by atoms with Crippen LogP contribution in [0.5, 0.6) is 0 Å². The quantitative estimate of drug-likeness (QED) is 0.671. The minimum Gasteiger partial charge on any atom is -0.390 e. The number of aliphatic hydroxyl groups excluding tert-OH is 1. The van der Waals surface area contributed by atoms with Crippen LogP contribution in [0.2, 0.25) is 0 Å². The molecule has 4 rings (SSSR count). The van der Waals surface area contributed by atoms with Gasteiger partial charge in [-0.25, -0.2) is 18.4 Å². The predicted octanol–water partition coefficient (Wildman–Crippen LogP) is 0.304. The number of pyridine rings is 1. The van der Waals surface area contributed by atoms with Crippen molar-refractivity contribution in [2.45, 2.75) is 19.1 Å². The highest BCUT2D eigenvalue weighted by Gasteiger charge is 2.37. The van der Waals surface area contributed by atoms with Gasteiger partial charge in [0.2, 0.25) is 0 Å². The highest BCUT2D eigenvalue weighted by molar-refractivity contribution is 7.91. The molecule has 0 radical (unpaired) electrons. The van der Waals surface area contributed by atoms with E-state index in [1.807, 2.05) is 13.0 Å². The van der Waals surface area contributed by atoms with E-state index >= 15 is 0 Å². The fraction of sp³-hybridized carbons (Fsp3) is 0.375. The van der Waals surface area contributed by atoms with Crippen LogP contribution < -0.4 is 5.32 Å². The normalized spacial score (nSPS) is 22.0. The van der Waals surface area contributed by atoms with E-state index in [1.165, 1.54) is 0 Å². The molecule has 0 aromatic carbocycles. The van der Waals surface area contributed by atoms with E-state index in [-0.39, 0.29) is 11.5 Å². The molecule has 26 heavy (non-hydrogen) atoms. The summed E-state index contributed by atoms with van der Waals surface area (Å²) in [6.07, 6.45) is 2.34. The summed E-state index contributed by atoms with van der Waals surface area (Å²) >= 11 is 0. The topological polar surface area (TPSA) is 123 Å². The van der Waals surface area contributed by atoms with E-state index in [2.05, 4.69) is 25.4 Å². The lowest BCUT2D eigenvalue weighted by atomic mass is 10.2. The summed E-state index contributed by atoms with van der Waals surface area (Å²) in [5, 5.41) is 18.3. The van der Waals surface area contributed by atoms with E-state index in [4.69, 9.17) is 0 Å². The summed E-state index contributed by atoms with van der Waals surface area (Å²) in [4.78, 5) is 13.2. The molecule has 3 aromatic rings. The van der Waals surface area contributed by atoms with E-state index in [0.29, 0.717) is 22.7 Å². The molecule has 0 bridgehead atoms. The smallest absolute Gasteiger partial charge is 0.165 e. The van der Waals surface area contributed by atoms with Gasteiger partial charge in [-0.05, 0) is 19.1 Å². The maximum Gasteiger partial charge on any atom is 0.165 e. The van der Waals surface area contributed by atoms with Crippen molar-refractivity contribution in [3.05, 3.63) is 30.2 Å². The highest BCUT2D eigenvalue weighted by Crippen LogP contribution is 2.28. The second kappa shape index (κ2) is 5.99. The maximum absolute atomic E-state index is 11.8. The number of anilines is 1. The molecule has 1 saturated heterocycles. The van der Waals surface area contributed by atoms with Gasteiger partial charge in [-0.2, -0.15) is 5.10 Å². The molecule has 1 fully saturated rings. The second-order valence-electron chi connectivity index (χ2n) is 6.44. The molecular formula is C16H18N6O3S. The lowest BCUT2D eigenvalue weighted by Crippen LogP contribution is -2.32. The van der Waals surface area contributed by atoms with Gasteiger partial charge in [-0.1, -0.05) is 0 Å². The van der Waals surface area contributed by atoms with Gasteiger partial charge in [0.15, 0.2) is 21.3 Å². The van der Waals surface area contributed by atoms with Crippen molar-refractivity contribution in [1.82, 2.24) is 24.7 Å². The summed E-state index contributed by atoms with van der Waals surface area (Å²) in [5.41, 5.74) is 2.07. The standard InChI is InChI=1S/C16H18N6O3S/c1-9-13-15(18-11-7-26(24,25)8-12(11)23)19-14(10-4-3-5-17-6-10)20-16(13)22(2)21-9/h3-6,11-12,23H,7-8H2,1-2H3,(H,18,19,20)/t11-,12-/m1/s1. The van der Waals surface area contributed by atoms with Crippen LogP contribution >= 0.6 is 0 Å². The summed E-state index contributed by atoms with van der Waals surface area (Å²) < 4.78 is 25.3. The summed E-state index contributed by atoms with van der Waals surface area (Å²) in [7, 11) is -1.49. The lowest BCUT2D eigenvalue weighted by molar-refractivity contribution is 0.190. The molecule has 1 aliphatic heterocycles. The van der Waals surface area contributed by atoms with Crippen LogP contribution in [0.25, 0.3) is 22.4 Å². The zero-order valence-corrected chi connectivity index (χ0v) is 15.1. The Bertz CT molecular complexity index is 1080. The first-order valence-electron chi connectivity index (χ1n) is 8.11. The monoisotopic (exact) mass is 374 g/mol. The molecule has 136 valence electrons. The Morgan fingerprint density at radius 3 is 2.77 bits per heavy atom. The molecule has 0 saturated carbocycles. The molecule has 10 heteroatoms. The third kappa shape index (κ3) is 2.90. The van der Waals surface area contributed by atoms with Crippen LogP contribution in [-0.4, -0.2) is 61.9 Å². The first-order valence-corrected chi connectivity index (χ1v) is 9.93. The fourth-order valence-corrected chi connectivity index (χ4v) is 4.95. The molecular weight excluding hydrogens is 356 g/mol. The van der Waals surface area contributed by atoms with Crippen molar-refractivity contribution < 1.29 is 13.5 Å². The van der Waals surface area contributed by atoms with Gasteiger partial charge >= 0.3 is 0 Å². The molecule has 2 N–H and O–H groups in total. The minimum atomic E-state index is -3.27. The Morgan fingerprint density at radius 1 is 1.31 bits per heavy atom. The van der Waals surface area contributed by atoms with Crippen LogP contribution in [-0.2, 0) is 16.9 Å². The van der Waals surface area contributed by atoms with Gasteiger partial charge in [0.05, 0.1) is 34.7 Å². The number of aliphatic hydroxyl groups is 1. The summed E-state index contributed by atoms with van der Waals surface area (Å²) in [6.45, 7) is 1.84. The molecule has 3 aromatic heterocycles. The fourth-order valence-electron chi connectivity index (χ4n) is 3.21. The number of rotatable bonds is 3. The number of hydrogen-bond donors (Lipinski definition) is 2. The number of nitrogens with one attached hydrogen (secondary N) is 1. The predicted molar refractivity (Wildman–Crippen MR) is 96.3 cm³/mol. The van der Waals surface area contributed by atoms with Crippen LogP contribution in [0.4, 0.5) is 5.82 Å². The number of hydrogen-bond acceptors (Lipinski definition) is 8. The number of nitrogens with zero attached hydrogens (tertiary/aromatic N) is 5. The zero-order valence-electron chi connectivity index (χ0n) is 14.3. The van der Waals surface area contributed by atoms with Crippen LogP contribution in [0.3, 0.4) is 0 Å².